The van der Waals surface area contributed by atoms with Gasteiger partial charge in [0.2, 0.25) is 11.8 Å². The Kier molecular flexibility index (Phi) is 5.97. The topological polar surface area (TPSA) is 70.7 Å². The van der Waals surface area contributed by atoms with Crippen molar-refractivity contribution in [2.45, 2.75) is 44.4 Å². The lowest BCUT2D eigenvalue weighted by Gasteiger charge is -2.44. The number of rotatable bonds is 5. The Bertz CT molecular complexity index is 687. The van der Waals surface area contributed by atoms with E-state index in [0.29, 0.717) is 24.9 Å². The Morgan fingerprint density at radius 2 is 1.75 bits per heavy atom. The second-order valence-corrected chi connectivity index (χ2v) is 8.51. The summed E-state index contributed by atoms with van der Waals surface area (Å²) >= 11 is 0. The summed E-state index contributed by atoms with van der Waals surface area (Å²) in [5.41, 5.74) is 1.54. The highest BCUT2D eigenvalue weighted by atomic mass is 16.5. The molecular formula is C22H31N3O3. The first-order valence-electron chi connectivity index (χ1n) is 10.6. The van der Waals surface area contributed by atoms with Crippen molar-refractivity contribution in [2.75, 3.05) is 39.3 Å². The van der Waals surface area contributed by atoms with Crippen molar-refractivity contribution in [1.82, 2.24) is 15.5 Å². The Morgan fingerprint density at radius 1 is 1.04 bits per heavy atom. The average Bonchev–Trinajstić information content (AvgIpc) is 2.71. The second-order valence-electron chi connectivity index (χ2n) is 8.51. The molecule has 3 heterocycles. The molecule has 1 spiro atoms. The van der Waals surface area contributed by atoms with Gasteiger partial charge >= 0.3 is 0 Å². The molecule has 6 heteroatoms. The zero-order chi connectivity index (χ0) is 19.4. The summed E-state index contributed by atoms with van der Waals surface area (Å²) in [6.07, 6.45) is 6.28. The minimum Gasteiger partial charge on any atom is -0.492 e. The second kappa shape index (κ2) is 8.62. The number of carbonyl (C=O) groups excluding carboxylic acids is 2. The van der Waals surface area contributed by atoms with Crippen LogP contribution >= 0.6 is 0 Å². The van der Waals surface area contributed by atoms with Crippen LogP contribution in [-0.4, -0.2) is 56.0 Å². The molecule has 0 bridgehead atoms. The van der Waals surface area contributed by atoms with Crippen LogP contribution in [0.15, 0.2) is 24.3 Å². The predicted molar refractivity (Wildman–Crippen MR) is 107 cm³/mol. The normalized spacial score (nSPS) is 25.5. The van der Waals surface area contributed by atoms with Gasteiger partial charge in [0.1, 0.15) is 12.4 Å². The van der Waals surface area contributed by atoms with Crippen LogP contribution in [0.2, 0.25) is 0 Å². The van der Waals surface area contributed by atoms with Crippen molar-refractivity contribution in [2.24, 2.45) is 5.41 Å². The van der Waals surface area contributed by atoms with E-state index in [1.54, 1.807) is 0 Å². The van der Waals surface area contributed by atoms with E-state index < -0.39 is 0 Å². The van der Waals surface area contributed by atoms with Gasteiger partial charge in [0.05, 0.1) is 5.92 Å². The maximum absolute atomic E-state index is 12.0. The number of piperidine rings is 3. The van der Waals surface area contributed by atoms with Crippen molar-refractivity contribution in [3.8, 4) is 5.75 Å². The quantitative estimate of drug-likeness (QED) is 0.759. The number of amides is 2. The molecule has 3 fully saturated rings. The van der Waals surface area contributed by atoms with E-state index in [1.165, 1.54) is 51.9 Å². The number of hydrogen-bond donors (Lipinski definition) is 2. The van der Waals surface area contributed by atoms with Crippen molar-refractivity contribution in [1.29, 1.82) is 0 Å². The Morgan fingerprint density at radius 3 is 2.43 bits per heavy atom. The van der Waals surface area contributed by atoms with Gasteiger partial charge in [0.15, 0.2) is 0 Å². The number of carbonyl (C=O) groups is 2. The third-order valence-corrected chi connectivity index (χ3v) is 6.78. The van der Waals surface area contributed by atoms with Crippen LogP contribution in [0, 0.1) is 5.41 Å². The Hall–Kier alpha value is -1.92. The van der Waals surface area contributed by atoms with Gasteiger partial charge in [-0.3, -0.25) is 19.8 Å². The van der Waals surface area contributed by atoms with Gasteiger partial charge in [-0.15, -0.1) is 0 Å². The molecule has 0 aliphatic carbocycles. The third kappa shape index (κ3) is 4.55. The van der Waals surface area contributed by atoms with Gasteiger partial charge < -0.3 is 10.1 Å². The number of benzene rings is 1. The van der Waals surface area contributed by atoms with Gasteiger partial charge in [-0.25, -0.2) is 0 Å². The molecular weight excluding hydrogens is 354 g/mol. The molecule has 3 saturated heterocycles. The third-order valence-electron chi connectivity index (χ3n) is 6.78. The molecule has 0 saturated carbocycles. The molecule has 2 amide bonds. The lowest BCUT2D eigenvalue weighted by Crippen LogP contribution is -2.46. The van der Waals surface area contributed by atoms with Crippen LogP contribution in [-0.2, 0) is 9.59 Å². The highest BCUT2D eigenvalue weighted by Gasteiger charge is 2.35. The maximum Gasteiger partial charge on any atom is 0.234 e. The lowest BCUT2D eigenvalue weighted by atomic mass is 9.71. The average molecular weight is 386 g/mol. The first-order chi connectivity index (χ1) is 13.6. The van der Waals surface area contributed by atoms with Crippen molar-refractivity contribution in [3.05, 3.63) is 29.8 Å². The Balaban J connectivity index is 1.20. The van der Waals surface area contributed by atoms with Gasteiger partial charge in [0.25, 0.3) is 0 Å². The minimum absolute atomic E-state index is 0.176. The molecule has 0 radical (unpaired) electrons. The lowest BCUT2D eigenvalue weighted by molar-refractivity contribution is -0.134. The summed E-state index contributed by atoms with van der Waals surface area (Å²) < 4.78 is 5.93. The predicted octanol–water partition coefficient (Wildman–Crippen LogP) is 2.05. The molecule has 3 aliphatic heterocycles. The fourth-order valence-corrected chi connectivity index (χ4v) is 4.81. The molecule has 4 rings (SSSR count). The molecule has 152 valence electrons. The number of hydrogen-bond acceptors (Lipinski definition) is 5. The summed E-state index contributed by atoms with van der Waals surface area (Å²) in [7, 11) is 0. The highest BCUT2D eigenvalue weighted by molar-refractivity contribution is 6.00. The van der Waals surface area contributed by atoms with Gasteiger partial charge in [-0.1, -0.05) is 12.1 Å². The molecule has 2 N–H and O–H groups in total. The standard InChI is InChI=1S/C22H31N3O3/c26-20-6-5-19(21(27)24-20)17-1-3-18(4-2-17)28-16-15-25-13-9-22(10-14-25)7-11-23-12-8-22/h1-4,19,23H,5-16H2,(H,24,26,27). The van der Waals surface area contributed by atoms with Crippen molar-refractivity contribution >= 4 is 11.8 Å². The number of ether oxygens (including phenoxy) is 1. The van der Waals surface area contributed by atoms with Crippen LogP contribution in [0.25, 0.3) is 0 Å². The number of likely N-dealkylation sites (tertiary alicyclic amines) is 1. The number of imide groups is 1. The zero-order valence-corrected chi connectivity index (χ0v) is 16.5. The van der Waals surface area contributed by atoms with Gasteiger partial charge in [0, 0.05) is 13.0 Å². The van der Waals surface area contributed by atoms with E-state index in [4.69, 9.17) is 4.74 Å². The SMILES string of the molecule is O=C1CCC(c2ccc(OCCN3CCC4(CCNCC4)CC3)cc2)C(=O)N1. The van der Waals surface area contributed by atoms with Crippen LogP contribution in [0.5, 0.6) is 5.75 Å². The van der Waals surface area contributed by atoms with E-state index in [9.17, 15) is 9.59 Å². The molecule has 6 nitrogen and oxygen atoms in total. The largest absolute Gasteiger partial charge is 0.492 e. The fraction of sp³-hybridized carbons (Fsp3) is 0.636. The first-order valence-corrected chi connectivity index (χ1v) is 10.6. The summed E-state index contributed by atoms with van der Waals surface area (Å²) in [4.78, 5) is 25.8. The van der Waals surface area contributed by atoms with Crippen LogP contribution in [0.3, 0.4) is 0 Å². The van der Waals surface area contributed by atoms with E-state index in [1.807, 2.05) is 24.3 Å². The summed E-state index contributed by atoms with van der Waals surface area (Å²) in [6.45, 7) is 6.36. The van der Waals surface area contributed by atoms with E-state index in [-0.39, 0.29) is 17.7 Å². The first kappa shape index (κ1) is 19.4. The van der Waals surface area contributed by atoms with Gasteiger partial charge in [-0.2, -0.15) is 0 Å². The zero-order valence-electron chi connectivity index (χ0n) is 16.5. The van der Waals surface area contributed by atoms with Crippen molar-refractivity contribution in [3.63, 3.8) is 0 Å². The number of nitrogens with one attached hydrogen (secondary N) is 2. The van der Waals surface area contributed by atoms with E-state index in [2.05, 4.69) is 15.5 Å². The molecule has 0 aromatic heterocycles. The van der Waals surface area contributed by atoms with Crippen molar-refractivity contribution < 1.29 is 14.3 Å². The van der Waals surface area contributed by atoms with Crippen LogP contribution in [0.4, 0.5) is 0 Å². The van der Waals surface area contributed by atoms with Gasteiger partial charge in [-0.05, 0) is 81.4 Å². The smallest absolute Gasteiger partial charge is 0.234 e. The molecule has 1 aromatic carbocycles. The molecule has 1 unspecified atom stereocenters. The maximum atomic E-state index is 12.0. The molecule has 1 atom stereocenters. The van der Waals surface area contributed by atoms with Crippen LogP contribution in [0.1, 0.15) is 50.0 Å². The van der Waals surface area contributed by atoms with Crippen LogP contribution < -0.4 is 15.4 Å². The van der Waals surface area contributed by atoms with E-state index in [0.717, 1.165) is 17.9 Å². The molecule has 1 aromatic rings. The summed E-state index contributed by atoms with van der Waals surface area (Å²) in [5, 5.41) is 5.89. The summed E-state index contributed by atoms with van der Waals surface area (Å²) in [6, 6.07) is 7.74. The number of nitrogens with zero attached hydrogens (tertiary/aromatic N) is 1. The Labute approximate surface area is 167 Å². The summed E-state index contributed by atoms with van der Waals surface area (Å²) in [5.74, 6) is 0.233. The molecule has 28 heavy (non-hydrogen) atoms. The fourth-order valence-electron chi connectivity index (χ4n) is 4.81. The highest BCUT2D eigenvalue weighted by Crippen LogP contribution is 2.39. The monoisotopic (exact) mass is 385 g/mol. The molecule has 3 aliphatic rings. The minimum atomic E-state index is -0.234. The van der Waals surface area contributed by atoms with E-state index >= 15 is 0 Å².